The maximum Gasteiger partial charge on any atom is 0.387 e. The molecule has 1 aliphatic carbocycles. The van der Waals surface area contributed by atoms with Crippen molar-refractivity contribution in [3.63, 3.8) is 0 Å². The molecule has 0 bridgehead atoms. The molecular formula is C18H22F2N2O5. The van der Waals surface area contributed by atoms with Crippen LogP contribution in [0.3, 0.4) is 0 Å². The van der Waals surface area contributed by atoms with Crippen LogP contribution in [0.2, 0.25) is 0 Å². The van der Waals surface area contributed by atoms with E-state index < -0.39 is 24.7 Å². The topological polar surface area (TPSA) is 91.1 Å². The highest BCUT2D eigenvalue weighted by atomic mass is 19.3. The van der Waals surface area contributed by atoms with Gasteiger partial charge < -0.3 is 24.8 Å². The molecule has 1 saturated carbocycles. The zero-order valence-corrected chi connectivity index (χ0v) is 14.9. The van der Waals surface area contributed by atoms with Gasteiger partial charge in [0, 0.05) is 19.4 Å². The van der Waals surface area contributed by atoms with Crippen LogP contribution in [0.15, 0.2) is 18.2 Å². The van der Waals surface area contributed by atoms with Gasteiger partial charge in [-0.05, 0) is 30.9 Å². The lowest BCUT2D eigenvalue weighted by molar-refractivity contribution is -0.135. The summed E-state index contributed by atoms with van der Waals surface area (Å²) < 4.78 is 41.1. The molecule has 1 aromatic carbocycles. The Hall–Kier alpha value is -2.58. The van der Waals surface area contributed by atoms with Gasteiger partial charge in [0.05, 0.1) is 13.2 Å². The standard InChI is InChI=1S/C18H22F2N2O5/c1-10(23)22-8-13(6-14(22)17(21)24)26-12-4-5-15(27-18(19)20)16(7-12)25-9-11-2-3-11/h4-5,7,11,13-14,18H,2-3,6,8-9H2,1H3,(H2,21,24)/t13-,14+/m0/s1. The van der Waals surface area contributed by atoms with Crippen LogP contribution in [0.4, 0.5) is 8.78 Å². The molecule has 148 valence electrons. The quantitative estimate of drug-likeness (QED) is 0.740. The first-order valence-electron chi connectivity index (χ1n) is 8.78. The minimum absolute atomic E-state index is 0.0650. The number of primary amides is 1. The molecular weight excluding hydrogens is 362 g/mol. The monoisotopic (exact) mass is 384 g/mol. The molecule has 1 heterocycles. The molecule has 2 atom stereocenters. The maximum atomic E-state index is 12.6. The first kappa shape index (κ1) is 19.2. The van der Waals surface area contributed by atoms with E-state index in [4.69, 9.17) is 15.2 Å². The molecule has 2 N–H and O–H groups in total. The van der Waals surface area contributed by atoms with E-state index >= 15 is 0 Å². The van der Waals surface area contributed by atoms with Gasteiger partial charge in [0.15, 0.2) is 11.5 Å². The van der Waals surface area contributed by atoms with Crippen molar-refractivity contribution in [3.8, 4) is 17.2 Å². The fourth-order valence-electron chi connectivity index (χ4n) is 3.05. The Balaban J connectivity index is 1.71. The highest BCUT2D eigenvalue weighted by molar-refractivity contribution is 5.86. The number of carbonyl (C=O) groups is 2. The fraction of sp³-hybridized carbons (Fsp3) is 0.556. The molecule has 27 heavy (non-hydrogen) atoms. The van der Waals surface area contributed by atoms with E-state index in [9.17, 15) is 18.4 Å². The van der Waals surface area contributed by atoms with Gasteiger partial charge in [-0.25, -0.2) is 0 Å². The zero-order chi connectivity index (χ0) is 19.6. The van der Waals surface area contributed by atoms with E-state index in [1.54, 1.807) is 0 Å². The second-order valence-corrected chi connectivity index (χ2v) is 6.81. The SMILES string of the molecule is CC(=O)N1C[C@@H](Oc2ccc(OC(F)F)c(OCC3CC3)c2)C[C@@H]1C(N)=O. The molecule has 3 rings (SSSR count). The van der Waals surface area contributed by atoms with Gasteiger partial charge in [-0.2, -0.15) is 8.78 Å². The highest BCUT2D eigenvalue weighted by Crippen LogP contribution is 2.36. The van der Waals surface area contributed by atoms with Crippen molar-refractivity contribution < 1.29 is 32.6 Å². The molecule has 0 spiro atoms. The first-order valence-corrected chi connectivity index (χ1v) is 8.78. The van der Waals surface area contributed by atoms with E-state index in [2.05, 4.69) is 4.74 Å². The van der Waals surface area contributed by atoms with Crippen molar-refractivity contribution in [2.24, 2.45) is 11.7 Å². The number of hydrogen-bond acceptors (Lipinski definition) is 5. The summed E-state index contributed by atoms with van der Waals surface area (Å²) in [5.74, 6) is 0.0622. The Labute approximate surface area is 155 Å². The number of amides is 2. The zero-order valence-electron chi connectivity index (χ0n) is 14.9. The van der Waals surface area contributed by atoms with Crippen molar-refractivity contribution >= 4 is 11.8 Å². The number of ether oxygens (including phenoxy) is 3. The molecule has 9 heteroatoms. The Kier molecular flexibility index (Phi) is 5.67. The first-order chi connectivity index (χ1) is 12.8. The third-order valence-electron chi connectivity index (χ3n) is 4.60. The smallest absolute Gasteiger partial charge is 0.387 e. The van der Waals surface area contributed by atoms with Gasteiger partial charge in [-0.1, -0.05) is 0 Å². The van der Waals surface area contributed by atoms with Crippen LogP contribution >= 0.6 is 0 Å². The summed E-state index contributed by atoms with van der Waals surface area (Å²) in [4.78, 5) is 24.6. The van der Waals surface area contributed by atoms with Crippen LogP contribution in [0.1, 0.15) is 26.2 Å². The van der Waals surface area contributed by atoms with Crippen LogP contribution < -0.4 is 19.9 Å². The van der Waals surface area contributed by atoms with Crippen LogP contribution in [0.25, 0.3) is 0 Å². The molecule has 2 fully saturated rings. The molecule has 2 amide bonds. The second-order valence-electron chi connectivity index (χ2n) is 6.81. The Morgan fingerprint density at radius 1 is 1.30 bits per heavy atom. The molecule has 2 aliphatic rings. The normalized spacial score (nSPS) is 22.0. The molecule has 1 saturated heterocycles. The Bertz CT molecular complexity index is 689. The van der Waals surface area contributed by atoms with Crippen LogP contribution in [0, 0.1) is 5.92 Å². The highest BCUT2D eigenvalue weighted by Gasteiger charge is 2.38. The van der Waals surface area contributed by atoms with Crippen LogP contribution in [0.5, 0.6) is 17.2 Å². The van der Waals surface area contributed by atoms with Crippen LogP contribution in [-0.2, 0) is 9.59 Å². The summed E-state index contributed by atoms with van der Waals surface area (Å²) >= 11 is 0. The van der Waals surface area contributed by atoms with Crippen molar-refractivity contribution in [3.05, 3.63) is 18.2 Å². The molecule has 0 radical (unpaired) electrons. The van der Waals surface area contributed by atoms with Gasteiger partial charge in [0.1, 0.15) is 17.9 Å². The number of likely N-dealkylation sites (tertiary alicyclic amines) is 1. The lowest BCUT2D eigenvalue weighted by Gasteiger charge is -2.19. The molecule has 1 aliphatic heterocycles. The average Bonchev–Trinajstić information content (AvgIpc) is 3.32. The summed E-state index contributed by atoms with van der Waals surface area (Å²) in [6.07, 6.45) is 1.93. The minimum Gasteiger partial charge on any atom is -0.489 e. The van der Waals surface area contributed by atoms with Gasteiger partial charge in [-0.3, -0.25) is 9.59 Å². The summed E-state index contributed by atoms with van der Waals surface area (Å²) in [6.45, 7) is -0.959. The van der Waals surface area contributed by atoms with Crippen molar-refractivity contribution in [1.82, 2.24) is 4.90 Å². The number of hydrogen-bond donors (Lipinski definition) is 1. The minimum atomic E-state index is -2.96. The van der Waals surface area contributed by atoms with E-state index in [0.717, 1.165) is 12.8 Å². The maximum absolute atomic E-state index is 12.6. The summed E-state index contributed by atoms with van der Waals surface area (Å²) in [6, 6.07) is 3.60. The predicted molar refractivity (Wildman–Crippen MR) is 90.7 cm³/mol. The lowest BCUT2D eigenvalue weighted by atomic mass is 10.2. The number of alkyl halides is 2. The molecule has 1 aromatic rings. The van der Waals surface area contributed by atoms with Crippen molar-refractivity contribution in [2.75, 3.05) is 13.2 Å². The van der Waals surface area contributed by atoms with Gasteiger partial charge in [0.2, 0.25) is 11.8 Å². The lowest BCUT2D eigenvalue weighted by Crippen LogP contribution is -2.42. The van der Waals surface area contributed by atoms with Crippen molar-refractivity contribution in [2.45, 2.75) is 44.9 Å². The number of rotatable bonds is 8. The van der Waals surface area contributed by atoms with E-state index in [1.807, 2.05) is 0 Å². The fourth-order valence-corrected chi connectivity index (χ4v) is 3.05. The third kappa shape index (κ3) is 4.99. The number of nitrogens with zero attached hydrogens (tertiary/aromatic N) is 1. The molecule has 7 nitrogen and oxygen atoms in total. The van der Waals surface area contributed by atoms with Gasteiger partial charge in [0.25, 0.3) is 0 Å². The predicted octanol–water partition coefficient (Wildman–Crippen LogP) is 1.93. The summed E-state index contributed by atoms with van der Waals surface area (Å²) in [5, 5.41) is 0. The number of carbonyl (C=O) groups excluding carboxylic acids is 2. The van der Waals surface area contributed by atoms with Crippen molar-refractivity contribution in [1.29, 1.82) is 0 Å². The Morgan fingerprint density at radius 3 is 2.59 bits per heavy atom. The Morgan fingerprint density at radius 2 is 2.04 bits per heavy atom. The summed E-state index contributed by atoms with van der Waals surface area (Å²) in [7, 11) is 0. The average molecular weight is 384 g/mol. The van der Waals surface area contributed by atoms with Gasteiger partial charge >= 0.3 is 6.61 Å². The van der Waals surface area contributed by atoms with E-state index in [1.165, 1.54) is 30.0 Å². The molecule has 0 aromatic heterocycles. The van der Waals surface area contributed by atoms with E-state index in [0.29, 0.717) is 18.3 Å². The van der Waals surface area contributed by atoms with Gasteiger partial charge in [-0.15, -0.1) is 0 Å². The number of halogens is 2. The second kappa shape index (κ2) is 7.98. The van der Waals surface area contributed by atoms with Crippen LogP contribution in [-0.4, -0.2) is 48.6 Å². The van der Waals surface area contributed by atoms with E-state index in [-0.39, 0.29) is 30.4 Å². The molecule has 0 unspecified atom stereocenters. The third-order valence-corrected chi connectivity index (χ3v) is 4.60. The summed E-state index contributed by atoms with van der Waals surface area (Å²) in [5.41, 5.74) is 5.35. The number of nitrogens with two attached hydrogens (primary N) is 1. The largest absolute Gasteiger partial charge is 0.489 e. The number of benzene rings is 1.